The Balaban J connectivity index is 2.88. The van der Waals surface area contributed by atoms with Crippen molar-refractivity contribution in [1.82, 2.24) is 0 Å². The minimum atomic E-state index is 0.240. The van der Waals surface area contributed by atoms with E-state index >= 15 is 0 Å². The highest BCUT2D eigenvalue weighted by atomic mass is 79.9. The van der Waals surface area contributed by atoms with Gasteiger partial charge in [-0.25, -0.2) is 0 Å². The second kappa shape index (κ2) is 8.47. The average Bonchev–Trinajstić information content (AvgIpc) is 2.43. The molecular formula is C20H27BrO. The second-order valence-electron chi connectivity index (χ2n) is 6.64. The molecule has 0 N–H and O–H groups in total. The van der Waals surface area contributed by atoms with Crippen molar-refractivity contribution in [2.24, 2.45) is 5.41 Å². The number of halogens is 1. The maximum Gasteiger partial charge on any atom is 0.143 e. The minimum Gasteiger partial charge on any atom is -0.299 e. The maximum atomic E-state index is 10.4. The zero-order valence-corrected chi connectivity index (χ0v) is 15.9. The third-order valence-electron chi connectivity index (χ3n) is 4.21. The molecule has 0 aromatic carbocycles. The number of aldehydes is 1. The van der Waals surface area contributed by atoms with Crippen LogP contribution < -0.4 is 0 Å². The number of allylic oxidation sites excluding steroid dienone is 10. The number of carbonyl (C=O) groups excluding carboxylic acids is 1. The molecule has 1 nitrogen and oxygen atoms in total. The van der Waals surface area contributed by atoms with Crippen molar-refractivity contribution in [3.05, 3.63) is 58.7 Å². The summed E-state index contributed by atoms with van der Waals surface area (Å²) >= 11 is 3.77. The van der Waals surface area contributed by atoms with Crippen LogP contribution in [-0.2, 0) is 4.79 Å². The SMILES string of the molecule is CC(C=CC=C(C)C=CC1=C(C)C(Br)CCC1(C)C)=CC=O. The monoisotopic (exact) mass is 362 g/mol. The molecule has 0 amide bonds. The van der Waals surface area contributed by atoms with Gasteiger partial charge in [0.05, 0.1) is 0 Å². The summed E-state index contributed by atoms with van der Waals surface area (Å²) in [4.78, 5) is 10.9. The predicted molar refractivity (Wildman–Crippen MR) is 100 cm³/mol. The topological polar surface area (TPSA) is 17.1 Å². The number of hydrogen-bond acceptors (Lipinski definition) is 1. The van der Waals surface area contributed by atoms with Gasteiger partial charge in [-0.05, 0) is 56.3 Å². The van der Waals surface area contributed by atoms with E-state index in [0.717, 1.165) is 11.9 Å². The van der Waals surface area contributed by atoms with Crippen LogP contribution in [0.4, 0.5) is 0 Å². The van der Waals surface area contributed by atoms with Crippen molar-refractivity contribution in [3.63, 3.8) is 0 Å². The molecule has 0 saturated carbocycles. The quantitative estimate of drug-likeness (QED) is 0.250. The number of rotatable bonds is 5. The lowest BCUT2D eigenvalue weighted by Gasteiger charge is -2.35. The lowest BCUT2D eigenvalue weighted by Crippen LogP contribution is -2.24. The zero-order valence-electron chi connectivity index (χ0n) is 14.3. The molecule has 0 aliphatic heterocycles. The fraction of sp³-hybridized carbons (Fsp3) is 0.450. The van der Waals surface area contributed by atoms with Crippen LogP contribution in [0.5, 0.6) is 0 Å². The first-order valence-corrected chi connectivity index (χ1v) is 8.70. The Hall–Kier alpha value is -1.15. The normalized spacial score (nSPS) is 23.6. The van der Waals surface area contributed by atoms with E-state index < -0.39 is 0 Å². The van der Waals surface area contributed by atoms with Crippen LogP contribution in [0.1, 0.15) is 47.5 Å². The average molecular weight is 363 g/mol. The van der Waals surface area contributed by atoms with Crippen LogP contribution in [0.2, 0.25) is 0 Å². The summed E-state index contributed by atoms with van der Waals surface area (Å²) in [5, 5.41) is 0. The fourth-order valence-corrected chi connectivity index (χ4v) is 3.16. The van der Waals surface area contributed by atoms with E-state index in [4.69, 9.17) is 0 Å². The van der Waals surface area contributed by atoms with Crippen molar-refractivity contribution in [1.29, 1.82) is 0 Å². The number of carbonyl (C=O) groups is 1. The summed E-state index contributed by atoms with van der Waals surface area (Å²) in [5.74, 6) is 0. The standard InChI is InChI=1S/C20H27BrO/c1-15(7-6-8-16(2)12-14-22)9-10-18-17(3)19(21)11-13-20(18,4)5/h6-10,12,14,19H,11,13H2,1-5H3. The Morgan fingerprint density at radius 1 is 1.18 bits per heavy atom. The summed E-state index contributed by atoms with van der Waals surface area (Å²) < 4.78 is 0. The molecule has 0 aromatic heterocycles. The predicted octanol–water partition coefficient (Wildman–Crippen LogP) is 6.09. The highest BCUT2D eigenvalue weighted by molar-refractivity contribution is 9.09. The summed E-state index contributed by atoms with van der Waals surface area (Å²) in [6.45, 7) is 10.9. The molecule has 2 heteroatoms. The zero-order chi connectivity index (χ0) is 16.8. The Morgan fingerprint density at radius 2 is 1.82 bits per heavy atom. The van der Waals surface area contributed by atoms with Gasteiger partial charge < -0.3 is 0 Å². The van der Waals surface area contributed by atoms with Crippen molar-refractivity contribution in [2.45, 2.75) is 52.3 Å². The third-order valence-corrected chi connectivity index (χ3v) is 5.35. The minimum absolute atomic E-state index is 0.240. The highest BCUT2D eigenvalue weighted by Gasteiger charge is 2.30. The molecule has 1 aliphatic rings. The Labute approximate surface area is 143 Å². The maximum absolute atomic E-state index is 10.4. The highest BCUT2D eigenvalue weighted by Crippen LogP contribution is 2.43. The Morgan fingerprint density at radius 3 is 2.45 bits per heavy atom. The fourth-order valence-electron chi connectivity index (χ4n) is 2.68. The molecule has 0 aromatic rings. The molecule has 0 radical (unpaired) electrons. The van der Waals surface area contributed by atoms with Crippen molar-refractivity contribution in [3.8, 4) is 0 Å². The van der Waals surface area contributed by atoms with Crippen molar-refractivity contribution in [2.75, 3.05) is 0 Å². The first kappa shape index (κ1) is 18.9. The van der Waals surface area contributed by atoms with Crippen LogP contribution in [0.15, 0.2) is 58.7 Å². The molecule has 1 unspecified atom stereocenters. The van der Waals surface area contributed by atoms with Gasteiger partial charge in [0.25, 0.3) is 0 Å². The molecule has 1 aliphatic carbocycles. The Kier molecular flexibility index (Phi) is 7.28. The molecule has 0 fully saturated rings. The summed E-state index contributed by atoms with van der Waals surface area (Å²) in [6.07, 6.45) is 15.2. The van der Waals surface area contributed by atoms with Crippen LogP contribution in [0, 0.1) is 5.41 Å². The van der Waals surface area contributed by atoms with Crippen molar-refractivity contribution >= 4 is 22.2 Å². The molecule has 0 spiro atoms. The van der Waals surface area contributed by atoms with E-state index in [1.807, 2.05) is 19.1 Å². The van der Waals surface area contributed by atoms with Gasteiger partial charge in [-0.2, -0.15) is 0 Å². The van der Waals surface area contributed by atoms with E-state index in [0.29, 0.717) is 4.83 Å². The van der Waals surface area contributed by atoms with Gasteiger partial charge in [0.15, 0.2) is 0 Å². The molecule has 22 heavy (non-hydrogen) atoms. The van der Waals surface area contributed by atoms with Crippen molar-refractivity contribution < 1.29 is 4.79 Å². The summed E-state index contributed by atoms with van der Waals surface area (Å²) in [5.41, 5.74) is 5.28. The van der Waals surface area contributed by atoms with Gasteiger partial charge in [-0.3, -0.25) is 4.79 Å². The van der Waals surface area contributed by atoms with Crippen LogP contribution in [-0.4, -0.2) is 11.1 Å². The molecule has 1 rings (SSSR count). The smallest absolute Gasteiger partial charge is 0.143 e. The first-order valence-electron chi connectivity index (χ1n) is 7.78. The first-order chi connectivity index (χ1) is 10.3. The molecule has 1 atom stereocenters. The van der Waals surface area contributed by atoms with Crippen LogP contribution >= 0.6 is 15.9 Å². The van der Waals surface area contributed by atoms with E-state index in [9.17, 15) is 4.79 Å². The van der Waals surface area contributed by atoms with Gasteiger partial charge in [-0.15, -0.1) is 0 Å². The number of hydrogen-bond donors (Lipinski definition) is 0. The van der Waals surface area contributed by atoms with E-state index in [-0.39, 0.29) is 5.41 Å². The largest absolute Gasteiger partial charge is 0.299 e. The summed E-state index contributed by atoms with van der Waals surface area (Å²) in [6, 6.07) is 0. The summed E-state index contributed by atoms with van der Waals surface area (Å²) in [7, 11) is 0. The lowest BCUT2D eigenvalue weighted by atomic mass is 9.72. The van der Waals surface area contributed by atoms with E-state index in [1.54, 1.807) is 6.08 Å². The lowest BCUT2D eigenvalue weighted by molar-refractivity contribution is -0.104. The van der Waals surface area contributed by atoms with Gasteiger partial charge >= 0.3 is 0 Å². The Bertz CT molecular complexity index is 556. The molecule has 0 heterocycles. The van der Waals surface area contributed by atoms with E-state index in [2.05, 4.69) is 61.9 Å². The molecule has 0 bridgehead atoms. The third kappa shape index (κ3) is 5.57. The van der Waals surface area contributed by atoms with Crippen LogP contribution in [0.3, 0.4) is 0 Å². The van der Waals surface area contributed by atoms with Gasteiger partial charge in [-0.1, -0.05) is 71.3 Å². The molecule has 120 valence electrons. The van der Waals surface area contributed by atoms with Gasteiger partial charge in [0, 0.05) is 4.83 Å². The van der Waals surface area contributed by atoms with Gasteiger partial charge in [0.1, 0.15) is 6.29 Å². The molecule has 0 saturated heterocycles. The van der Waals surface area contributed by atoms with E-state index in [1.165, 1.54) is 29.6 Å². The van der Waals surface area contributed by atoms with Crippen LogP contribution in [0.25, 0.3) is 0 Å². The second-order valence-corrected chi connectivity index (χ2v) is 7.74. The molecular weight excluding hydrogens is 336 g/mol. The number of alkyl halides is 1. The van der Waals surface area contributed by atoms with Gasteiger partial charge in [0.2, 0.25) is 0 Å².